The molecule has 172 valence electrons. The van der Waals surface area contributed by atoms with Crippen molar-refractivity contribution in [2.45, 2.75) is 24.3 Å². The Hall–Kier alpha value is -3.04. The van der Waals surface area contributed by atoms with E-state index in [-0.39, 0.29) is 18.3 Å². The molecule has 4 rings (SSSR count). The number of furan rings is 1. The van der Waals surface area contributed by atoms with Crippen molar-refractivity contribution in [3.05, 3.63) is 66.4 Å². The molecule has 0 bridgehead atoms. The fraction of sp³-hybridized carbons (Fsp3) is 0.250. The Morgan fingerprint density at radius 3 is 2.58 bits per heavy atom. The van der Waals surface area contributed by atoms with Crippen LogP contribution in [0.3, 0.4) is 0 Å². The third-order valence-corrected chi connectivity index (χ3v) is 7.13. The number of halogens is 1. The number of anilines is 1. The van der Waals surface area contributed by atoms with Crippen LogP contribution in [0.25, 0.3) is 10.2 Å². The lowest BCUT2D eigenvalue weighted by Gasteiger charge is -2.18. The van der Waals surface area contributed by atoms with Crippen LogP contribution in [0.1, 0.15) is 18.6 Å². The average molecular weight is 487 g/mol. The fourth-order valence-electron chi connectivity index (χ4n) is 3.29. The van der Waals surface area contributed by atoms with E-state index < -0.39 is 0 Å². The number of ether oxygens (including phenoxy) is 2. The predicted octanol–water partition coefficient (Wildman–Crippen LogP) is 6.15. The smallest absolute Gasteiger partial charge is 0.229 e. The van der Waals surface area contributed by atoms with Crippen LogP contribution >= 0.6 is 23.1 Å². The highest BCUT2D eigenvalue weighted by atomic mass is 32.2. The van der Waals surface area contributed by atoms with E-state index in [0.29, 0.717) is 40.7 Å². The van der Waals surface area contributed by atoms with Crippen LogP contribution < -0.4 is 14.4 Å². The molecule has 6 nitrogen and oxygen atoms in total. The number of nitrogens with zero attached hydrogens (tertiary/aromatic N) is 2. The van der Waals surface area contributed by atoms with E-state index in [2.05, 4.69) is 0 Å². The van der Waals surface area contributed by atoms with E-state index in [0.717, 1.165) is 15.3 Å². The first kappa shape index (κ1) is 23.1. The summed E-state index contributed by atoms with van der Waals surface area (Å²) in [6.45, 7) is 0.279. The van der Waals surface area contributed by atoms with Gasteiger partial charge in [0.05, 0.1) is 27.0 Å². The molecule has 0 saturated heterocycles. The summed E-state index contributed by atoms with van der Waals surface area (Å²) in [7, 11) is 3.19. The number of hydrogen-bond acceptors (Lipinski definition) is 7. The van der Waals surface area contributed by atoms with Gasteiger partial charge >= 0.3 is 0 Å². The van der Waals surface area contributed by atoms with Crippen LogP contribution in [0.15, 0.2) is 64.1 Å². The Bertz CT molecular complexity index is 1170. The molecule has 0 atom stereocenters. The third-order valence-electron chi connectivity index (χ3n) is 4.94. The molecule has 2 aromatic carbocycles. The minimum atomic E-state index is -0.257. The highest BCUT2D eigenvalue weighted by Crippen LogP contribution is 2.40. The molecule has 33 heavy (non-hydrogen) atoms. The van der Waals surface area contributed by atoms with Crippen molar-refractivity contribution in [2.24, 2.45) is 0 Å². The second-order valence-electron chi connectivity index (χ2n) is 7.11. The molecule has 9 heteroatoms. The summed E-state index contributed by atoms with van der Waals surface area (Å²) in [5, 5.41) is 0.556. The van der Waals surface area contributed by atoms with E-state index >= 15 is 0 Å². The van der Waals surface area contributed by atoms with Crippen molar-refractivity contribution in [1.29, 1.82) is 0 Å². The molecule has 0 saturated carbocycles. The van der Waals surface area contributed by atoms with Crippen LogP contribution in [-0.4, -0.2) is 30.9 Å². The summed E-state index contributed by atoms with van der Waals surface area (Å²) < 4.78 is 30.3. The van der Waals surface area contributed by atoms with Gasteiger partial charge in [-0.2, -0.15) is 0 Å². The molecule has 0 aliphatic carbocycles. The predicted molar refractivity (Wildman–Crippen MR) is 129 cm³/mol. The van der Waals surface area contributed by atoms with Crippen LogP contribution in [0, 0.1) is 5.82 Å². The Morgan fingerprint density at radius 1 is 1.12 bits per heavy atom. The van der Waals surface area contributed by atoms with Crippen molar-refractivity contribution >= 4 is 44.4 Å². The summed E-state index contributed by atoms with van der Waals surface area (Å²) in [4.78, 5) is 20.6. The topological polar surface area (TPSA) is 64.8 Å². The Balaban J connectivity index is 1.52. The van der Waals surface area contributed by atoms with Crippen LogP contribution in [0.2, 0.25) is 0 Å². The van der Waals surface area contributed by atoms with E-state index in [1.54, 1.807) is 61.4 Å². The summed E-state index contributed by atoms with van der Waals surface area (Å²) in [6, 6.07) is 13.6. The lowest BCUT2D eigenvalue weighted by atomic mass is 10.3. The molecular weight excluding hydrogens is 463 g/mol. The SMILES string of the molecule is COc1ccc(OC)c2sc(N(Cc3ccco3)C(=O)CCCSc3ccc(F)cc3)nc12. The highest BCUT2D eigenvalue weighted by molar-refractivity contribution is 7.99. The maximum atomic E-state index is 13.2. The quantitative estimate of drug-likeness (QED) is 0.198. The van der Waals surface area contributed by atoms with E-state index in [1.165, 1.54) is 23.5 Å². The zero-order chi connectivity index (χ0) is 23.2. The number of carbonyl (C=O) groups excluding carboxylic acids is 1. The molecule has 4 aromatic rings. The van der Waals surface area contributed by atoms with Gasteiger partial charge in [-0.3, -0.25) is 9.69 Å². The normalized spacial score (nSPS) is 11.0. The number of thiazole rings is 1. The second-order valence-corrected chi connectivity index (χ2v) is 9.26. The molecule has 2 aromatic heterocycles. The maximum absolute atomic E-state index is 13.2. The summed E-state index contributed by atoms with van der Waals surface area (Å²) in [6.07, 6.45) is 2.61. The van der Waals surface area contributed by atoms with Gasteiger partial charge in [0.25, 0.3) is 0 Å². The molecule has 0 aliphatic heterocycles. The minimum absolute atomic E-state index is 0.0527. The number of thioether (sulfide) groups is 1. The Morgan fingerprint density at radius 2 is 1.88 bits per heavy atom. The number of rotatable bonds is 10. The van der Waals surface area contributed by atoms with Crippen molar-refractivity contribution in [2.75, 3.05) is 24.9 Å². The van der Waals surface area contributed by atoms with E-state index in [1.807, 2.05) is 12.1 Å². The second kappa shape index (κ2) is 10.7. The molecule has 0 unspecified atom stereocenters. The first-order valence-electron chi connectivity index (χ1n) is 10.3. The van der Waals surface area contributed by atoms with Gasteiger partial charge in [-0.05, 0) is 60.7 Å². The molecule has 2 heterocycles. The third kappa shape index (κ3) is 5.48. The number of methoxy groups -OCH3 is 2. The van der Waals surface area contributed by atoms with Gasteiger partial charge in [0, 0.05) is 11.3 Å². The van der Waals surface area contributed by atoms with Crippen molar-refractivity contribution in [3.63, 3.8) is 0 Å². The molecule has 0 N–H and O–H groups in total. The number of amides is 1. The van der Waals surface area contributed by atoms with Gasteiger partial charge in [0.2, 0.25) is 5.91 Å². The van der Waals surface area contributed by atoms with E-state index in [9.17, 15) is 9.18 Å². The van der Waals surface area contributed by atoms with Gasteiger partial charge < -0.3 is 13.9 Å². The maximum Gasteiger partial charge on any atom is 0.229 e. The first-order chi connectivity index (χ1) is 16.1. The summed E-state index contributed by atoms with van der Waals surface area (Å²) in [5.41, 5.74) is 0.654. The Kier molecular flexibility index (Phi) is 7.51. The molecule has 1 amide bonds. The lowest BCUT2D eigenvalue weighted by Crippen LogP contribution is -2.30. The molecule has 0 radical (unpaired) electrons. The van der Waals surface area contributed by atoms with E-state index in [4.69, 9.17) is 18.9 Å². The molecule has 0 fully saturated rings. The monoisotopic (exact) mass is 486 g/mol. The molecule has 0 spiro atoms. The van der Waals surface area contributed by atoms with Gasteiger partial charge in [-0.15, -0.1) is 11.8 Å². The molecule has 0 aliphatic rings. The average Bonchev–Trinajstić information content (AvgIpc) is 3.50. The summed E-state index contributed by atoms with van der Waals surface area (Å²) >= 11 is 2.98. The number of fused-ring (bicyclic) bond motifs is 1. The van der Waals surface area contributed by atoms with Gasteiger partial charge in [-0.25, -0.2) is 9.37 Å². The lowest BCUT2D eigenvalue weighted by molar-refractivity contribution is -0.118. The summed E-state index contributed by atoms with van der Waals surface area (Å²) in [5.74, 6) is 2.40. The number of aromatic nitrogens is 1. The fourth-order valence-corrected chi connectivity index (χ4v) is 5.23. The number of carbonyl (C=O) groups is 1. The van der Waals surface area contributed by atoms with Crippen molar-refractivity contribution < 1.29 is 23.1 Å². The van der Waals surface area contributed by atoms with Gasteiger partial charge in [0.15, 0.2) is 5.13 Å². The van der Waals surface area contributed by atoms with Crippen LogP contribution in [0.4, 0.5) is 9.52 Å². The standard InChI is InChI=1S/C24H23FN2O4S2/c1-29-19-11-12-20(30-2)23-22(19)26-24(33-23)27(15-17-5-3-13-31-17)21(28)6-4-14-32-18-9-7-16(25)8-10-18/h3,5,7-13H,4,6,14-15H2,1-2H3. The number of hydrogen-bond donors (Lipinski definition) is 0. The zero-order valence-corrected chi connectivity index (χ0v) is 19.9. The number of benzene rings is 2. The largest absolute Gasteiger partial charge is 0.495 e. The van der Waals surface area contributed by atoms with Crippen LogP contribution in [0.5, 0.6) is 11.5 Å². The minimum Gasteiger partial charge on any atom is -0.495 e. The highest BCUT2D eigenvalue weighted by Gasteiger charge is 2.23. The van der Waals surface area contributed by atoms with Crippen LogP contribution in [-0.2, 0) is 11.3 Å². The first-order valence-corrected chi connectivity index (χ1v) is 12.1. The van der Waals surface area contributed by atoms with Gasteiger partial charge in [0.1, 0.15) is 33.3 Å². The molecular formula is C24H23FN2O4S2. The Labute approximate surface area is 199 Å². The van der Waals surface area contributed by atoms with Gasteiger partial charge in [-0.1, -0.05) is 11.3 Å². The zero-order valence-electron chi connectivity index (χ0n) is 18.2. The van der Waals surface area contributed by atoms with Crippen molar-refractivity contribution in [1.82, 2.24) is 4.98 Å². The van der Waals surface area contributed by atoms with Crippen molar-refractivity contribution in [3.8, 4) is 11.5 Å².